The van der Waals surface area contributed by atoms with E-state index in [2.05, 4.69) is 53.9 Å². The van der Waals surface area contributed by atoms with Crippen molar-refractivity contribution in [3.05, 3.63) is 87.0 Å². The zero-order valence-electron chi connectivity index (χ0n) is 13.6. The van der Waals surface area contributed by atoms with Crippen molar-refractivity contribution in [1.82, 2.24) is 0 Å². The highest BCUT2D eigenvalue weighted by Gasteiger charge is 2.09. The topological polar surface area (TPSA) is 29.1 Å². The van der Waals surface area contributed by atoms with Crippen molar-refractivity contribution >= 4 is 34.2 Å². The van der Waals surface area contributed by atoms with Gasteiger partial charge in [0, 0.05) is 14.8 Å². The highest BCUT2D eigenvalue weighted by molar-refractivity contribution is 14.1. The molecular formula is C21H18INO. The number of halogens is 1. The summed E-state index contributed by atoms with van der Waals surface area (Å²) in [6.45, 7) is 4.11. The van der Waals surface area contributed by atoms with E-state index in [9.17, 15) is 4.79 Å². The van der Waals surface area contributed by atoms with Crippen molar-refractivity contribution in [2.24, 2.45) is 0 Å². The first-order valence-electron chi connectivity index (χ1n) is 7.78. The van der Waals surface area contributed by atoms with Gasteiger partial charge in [0.25, 0.3) is 5.91 Å². The number of amides is 1. The van der Waals surface area contributed by atoms with Crippen molar-refractivity contribution in [2.75, 3.05) is 5.32 Å². The SMILES string of the molecule is Cc1cc(NC(=O)c2ccc(-c3ccccc3)cc2)cc(C)c1I. The van der Waals surface area contributed by atoms with Crippen LogP contribution in [-0.4, -0.2) is 5.91 Å². The Balaban J connectivity index is 1.78. The Kier molecular flexibility index (Phi) is 5.00. The van der Waals surface area contributed by atoms with Gasteiger partial charge < -0.3 is 5.32 Å². The number of nitrogens with one attached hydrogen (secondary N) is 1. The van der Waals surface area contributed by atoms with Crippen molar-refractivity contribution in [2.45, 2.75) is 13.8 Å². The van der Waals surface area contributed by atoms with E-state index in [0.717, 1.165) is 16.8 Å². The summed E-state index contributed by atoms with van der Waals surface area (Å²) in [5.74, 6) is -0.0883. The molecule has 0 saturated heterocycles. The van der Waals surface area contributed by atoms with E-state index >= 15 is 0 Å². The van der Waals surface area contributed by atoms with E-state index in [0.29, 0.717) is 5.56 Å². The maximum atomic E-state index is 12.5. The zero-order chi connectivity index (χ0) is 17.1. The van der Waals surface area contributed by atoms with Gasteiger partial charge in [-0.05, 0) is 83.0 Å². The number of hydrogen-bond donors (Lipinski definition) is 1. The van der Waals surface area contributed by atoms with E-state index in [1.807, 2.05) is 54.6 Å². The van der Waals surface area contributed by atoms with E-state index in [1.165, 1.54) is 14.7 Å². The average molecular weight is 427 g/mol. The predicted molar refractivity (Wildman–Crippen MR) is 108 cm³/mol. The number of rotatable bonds is 3. The van der Waals surface area contributed by atoms with Crippen LogP contribution >= 0.6 is 22.6 Å². The van der Waals surface area contributed by atoms with Crippen LogP contribution in [0.5, 0.6) is 0 Å². The molecule has 3 aromatic carbocycles. The molecule has 0 fully saturated rings. The second kappa shape index (κ2) is 7.18. The maximum absolute atomic E-state index is 12.5. The van der Waals surface area contributed by atoms with Gasteiger partial charge in [0.15, 0.2) is 0 Å². The van der Waals surface area contributed by atoms with Crippen LogP contribution in [0.2, 0.25) is 0 Å². The number of hydrogen-bond acceptors (Lipinski definition) is 1. The number of aryl methyl sites for hydroxylation is 2. The maximum Gasteiger partial charge on any atom is 0.255 e. The molecule has 1 amide bonds. The quantitative estimate of drug-likeness (QED) is 0.524. The first kappa shape index (κ1) is 16.7. The molecule has 24 heavy (non-hydrogen) atoms. The lowest BCUT2D eigenvalue weighted by molar-refractivity contribution is 0.102. The Morgan fingerprint density at radius 2 is 1.38 bits per heavy atom. The van der Waals surface area contributed by atoms with Gasteiger partial charge in [0.05, 0.1) is 0 Å². The normalized spacial score (nSPS) is 10.5. The molecule has 0 aliphatic heterocycles. The Morgan fingerprint density at radius 1 is 0.833 bits per heavy atom. The largest absolute Gasteiger partial charge is 0.322 e. The van der Waals surface area contributed by atoms with E-state index in [4.69, 9.17) is 0 Å². The fourth-order valence-electron chi connectivity index (χ4n) is 2.67. The molecule has 2 nitrogen and oxygen atoms in total. The fourth-order valence-corrected chi connectivity index (χ4v) is 2.98. The van der Waals surface area contributed by atoms with Crippen LogP contribution in [0.4, 0.5) is 5.69 Å². The van der Waals surface area contributed by atoms with Crippen molar-refractivity contribution < 1.29 is 4.79 Å². The summed E-state index contributed by atoms with van der Waals surface area (Å²) in [4.78, 5) is 12.5. The summed E-state index contributed by atoms with van der Waals surface area (Å²) in [5, 5.41) is 2.98. The summed E-state index contributed by atoms with van der Waals surface area (Å²) < 4.78 is 1.23. The highest BCUT2D eigenvalue weighted by atomic mass is 127. The molecular weight excluding hydrogens is 409 g/mol. The van der Waals surface area contributed by atoms with E-state index in [-0.39, 0.29) is 5.91 Å². The molecule has 0 heterocycles. The van der Waals surface area contributed by atoms with Crippen LogP contribution in [0.1, 0.15) is 21.5 Å². The lowest BCUT2D eigenvalue weighted by atomic mass is 10.0. The summed E-state index contributed by atoms with van der Waals surface area (Å²) in [5.41, 5.74) is 6.09. The number of benzene rings is 3. The Morgan fingerprint density at radius 3 is 1.96 bits per heavy atom. The molecule has 3 rings (SSSR count). The number of anilines is 1. The zero-order valence-corrected chi connectivity index (χ0v) is 15.8. The summed E-state index contributed by atoms with van der Waals surface area (Å²) in [6.07, 6.45) is 0. The minimum Gasteiger partial charge on any atom is -0.322 e. The van der Waals surface area contributed by atoms with Gasteiger partial charge in [-0.3, -0.25) is 4.79 Å². The number of carbonyl (C=O) groups excluding carboxylic acids is 1. The second-order valence-corrected chi connectivity index (χ2v) is 6.90. The van der Waals surface area contributed by atoms with E-state index in [1.54, 1.807) is 0 Å². The van der Waals surface area contributed by atoms with Gasteiger partial charge in [-0.25, -0.2) is 0 Å². The Hall–Kier alpha value is -2.14. The van der Waals surface area contributed by atoms with Crippen LogP contribution in [0.25, 0.3) is 11.1 Å². The summed E-state index contributed by atoms with van der Waals surface area (Å²) >= 11 is 2.33. The first-order chi connectivity index (χ1) is 11.5. The third-order valence-corrected chi connectivity index (χ3v) is 5.65. The highest BCUT2D eigenvalue weighted by Crippen LogP contribution is 2.23. The van der Waals surface area contributed by atoms with Gasteiger partial charge in [-0.15, -0.1) is 0 Å². The lowest BCUT2D eigenvalue weighted by Crippen LogP contribution is -2.12. The molecule has 0 bridgehead atoms. The second-order valence-electron chi connectivity index (χ2n) is 5.82. The molecule has 0 aliphatic carbocycles. The van der Waals surface area contributed by atoms with Gasteiger partial charge in [-0.2, -0.15) is 0 Å². The molecule has 0 aliphatic rings. The smallest absolute Gasteiger partial charge is 0.255 e. The lowest BCUT2D eigenvalue weighted by Gasteiger charge is -2.10. The van der Waals surface area contributed by atoms with Gasteiger partial charge in [-0.1, -0.05) is 42.5 Å². The first-order valence-corrected chi connectivity index (χ1v) is 8.86. The fraction of sp³-hybridized carbons (Fsp3) is 0.0952. The third-order valence-electron chi connectivity index (χ3n) is 3.95. The van der Waals surface area contributed by atoms with Crippen molar-refractivity contribution in [1.29, 1.82) is 0 Å². The van der Waals surface area contributed by atoms with Crippen LogP contribution in [0.3, 0.4) is 0 Å². The summed E-state index contributed by atoms with van der Waals surface area (Å²) in [7, 11) is 0. The molecule has 3 heteroatoms. The predicted octanol–water partition coefficient (Wildman–Crippen LogP) is 5.83. The molecule has 0 aromatic heterocycles. The van der Waals surface area contributed by atoms with Gasteiger partial charge in [0.1, 0.15) is 0 Å². The van der Waals surface area contributed by atoms with Crippen molar-refractivity contribution in [3.63, 3.8) is 0 Å². The molecule has 0 spiro atoms. The van der Waals surface area contributed by atoms with Crippen LogP contribution in [0, 0.1) is 17.4 Å². The minimum absolute atomic E-state index is 0.0883. The molecule has 0 saturated carbocycles. The summed E-state index contributed by atoms with van der Waals surface area (Å²) in [6, 6.07) is 21.8. The Bertz CT molecular complexity index is 847. The molecule has 120 valence electrons. The number of carbonyl (C=O) groups is 1. The molecule has 0 radical (unpaired) electrons. The molecule has 1 N–H and O–H groups in total. The van der Waals surface area contributed by atoms with Gasteiger partial charge >= 0.3 is 0 Å². The standard InChI is InChI=1S/C21H18INO/c1-14-12-19(13-15(2)20(14)22)23-21(24)18-10-8-17(9-11-18)16-6-4-3-5-7-16/h3-13H,1-2H3,(H,23,24). The molecule has 0 atom stereocenters. The average Bonchev–Trinajstić information content (AvgIpc) is 2.60. The monoisotopic (exact) mass is 427 g/mol. The minimum atomic E-state index is -0.0883. The molecule has 3 aromatic rings. The Labute approximate surface area is 156 Å². The molecule has 0 unspecified atom stereocenters. The van der Waals surface area contributed by atoms with Crippen LogP contribution < -0.4 is 5.32 Å². The van der Waals surface area contributed by atoms with Crippen LogP contribution in [0.15, 0.2) is 66.7 Å². The van der Waals surface area contributed by atoms with Crippen molar-refractivity contribution in [3.8, 4) is 11.1 Å². The van der Waals surface area contributed by atoms with Crippen LogP contribution in [-0.2, 0) is 0 Å². The third kappa shape index (κ3) is 3.67. The van der Waals surface area contributed by atoms with E-state index < -0.39 is 0 Å². The van der Waals surface area contributed by atoms with Gasteiger partial charge in [0.2, 0.25) is 0 Å².